The molecule has 2 saturated heterocycles. The minimum atomic E-state index is -4.02. The van der Waals surface area contributed by atoms with Crippen molar-refractivity contribution in [1.29, 1.82) is 0 Å². The highest BCUT2D eigenvalue weighted by Crippen LogP contribution is 2.38. The quantitative estimate of drug-likeness (QED) is 0.200. The molecule has 2 heterocycles. The van der Waals surface area contributed by atoms with Crippen molar-refractivity contribution in [3.8, 4) is 0 Å². The fourth-order valence-electron chi connectivity index (χ4n) is 3.36. The van der Waals surface area contributed by atoms with Crippen LogP contribution in [-0.2, 0) is 47.5 Å². The number of rotatable bonds is 9. The van der Waals surface area contributed by atoms with Crippen molar-refractivity contribution >= 4 is 20.2 Å². The lowest BCUT2D eigenvalue weighted by atomic mass is 9.99. The monoisotopic (exact) mass is 473 g/mol. The summed E-state index contributed by atoms with van der Waals surface area (Å²) in [6.45, 7) is 5.77. The van der Waals surface area contributed by atoms with E-state index in [-0.39, 0.29) is 6.54 Å². The molecule has 2 rings (SSSR count). The van der Waals surface area contributed by atoms with E-state index in [1.165, 1.54) is 0 Å². The summed E-state index contributed by atoms with van der Waals surface area (Å²) in [5, 5.41) is 3.49. The molecule has 0 amide bonds. The van der Waals surface area contributed by atoms with Gasteiger partial charge in [0.15, 0.2) is 11.6 Å². The van der Waals surface area contributed by atoms with E-state index >= 15 is 0 Å². The van der Waals surface area contributed by atoms with Crippen LogP contribution >= 0.6 is 0 Å². The molecule has 0 aromatic heterocycles. The summed E-state index contributed by atoms with van der Waals surface area (Å²) in [4.78, 5) is 2.70. The zero-order valence-corrected chi connectivity index (χ0v) is 19.2. The van der Waals surface area contributed by atoms with Crippen LogP contribution in [0.15, 0.2) is 5.11 Å². The Hall–Kier alpha value is -1.03. The molecule has 0 radical (unpaired) electrons. The maximum atomic E-state index is 12.0. The Bertz CT molecular complexity index is 882. The van der Waals surface area contributed by atoms with E-state index in [9.17, 15) is 16.8 Å². The predicted octanol–water partition coefficient (Wildman–Crippen LogP) is 0.658. The highest BCUT2D eigenvalue weighted by molar-refractivity contribution is 7.86. The minimum Gasteiger partial charge on any atom is -0.344 e. The van der Waals surface area contributed by atoms with Gasteiger partial charge in [-0.3, -0.25) is 8.37 Å². The molecule has 0 N–H and O–H groups in total. The lowest BCUT2D eigenvalue weighted by molar-refractivity contribution is -0.174. The maximum Gasteiger partial charge on any atom is 0.264 e. The van der Waals surface area contributed by atoms with Gasteiger partial charge in [-0.2, -0.15) is 16.8 Å². The first-order chi connectivity index (χ1) is 13.5. The molecule has 2 fully saturated rings. The third-order valence-electron chi connectivity index (χ3n) is 4.15. The molecule has 0 aromatic rings. The Labute approximate surface area is 175 Å². The van der Waals surface area contributed by atoms with E-state index in [0.29, 0.717) is 0 Å². The van der Waals surface area contributed by atoms with E-state index < -0.39 is 68.9 Å². The molecule has 0 saturated carbocycles. The summed E-state index contributed by atoms with van der Waals surface area (Å²) in [5.41, 5.74) is 8.65. The van der Waals surface area contributed by atoms with Crippen molar-refractivity contribution in [1.82, 2.24) is 0 Å². The summed E-state index contributed by atoms with van der Waals surface area (Å²) in [6, 6.07) is 0. The van der Waals surface area contributed by atoms with Crippen LogP contribution in [0, 0.1) is 0 Å². The zero-order valence-electron chi connectivity index (χ0n) is 17.5. The molecule has 0 aliphatic carbocycles. The maximum absolute atomic E-state index is 12.0. The first-order valence-corrected chi connectivity index (χ1v) is 12.6. The molecular weight excluding hydrogens is 446 g/mol. The fourth-order valence-corrected chi connectivity index (χ4v) is 4.36. The van der Waals surface area contributed by atoms with E-state index in [1.807, 2.05) is 0 Å². The molecule has 0 unspecified atom stereocenters. The Morgan fingerprint density at radius 1 is 0.933 bits per heavy atom. The summed E-state index contributed by atoms with van der Waals surface area (Å²) in [5.74, 6) is -2.32. The summed E-state index contributed by atoms with van der Waals surface area (Å²) in [7, 11) is -7.82. The van der Waals surface area contributed by atoms with Crippen LogP contribution in [0.4, 0.5) is 0 Å². The van der Waals surface area contributed by atoms with Gasteiger partial charge in [-0.25, -0.2) is 0 Å². The molecule has 15 heteroatoms. The molecule has 30 heavy (non-hydrogen) atoms. The van der Waals surface area contributed by atoms with Crippen molar-refractivity contribution in [2.45, 2.75) is 69.8 Å². The fraction of sp³-hybridized carbons (Fsp3) is 1.00. The van der Waals surface area contributed by atoms with Crippen LogP contribution in [0.3, 0.4) is 0 Å². The third-order valence-corrected chi connectivity index (χ3v) is 5.28. The molecule has 0 spiro atoms. The normalized spacial score (nSPS) is 31.9. The Balaban J connectivity index is 2.41. The topological polar surface area (TPSA) is 172 Å². The number of hydrogen-bond acceptors (Lipinski definition) is 11. The number of ether oxygens (including phenoxy) is 4. The van der Waals surface area contributed by atoms with E-state index in [1.54, 1.807) is 27.7 Å². The molecule has 174 valence electrons. The molecule has 0 bridgehead atoms. The Kier molecular flexibility index (Phi) is 7.44. The van der Waals surface area contributed by atoms with Crippen molar-refractivity contribution in [3.05, 3.63) is 10.4 Å². The SMILES string of the molecule is CC1(C)O[C@H]([C@@H](OS(C)(=O)=O)[C@@H]2OC(C)(C)O[C@H]2CN=[N+]=[N-])[C@H](COS(C)(=O)=O)O1. The highest BCUT2D eigenvalue weighted by Gasteiger charge is 2.55. The van der Waals surface area contributed by atoms with E-state index in [0.717, 1.165) is 12.5 Å². The number of nitrogens with zero attached hydrogens (tertiary/aromatic N) is 3. The summed E-state index contributed by atoms with van der Waals surface area (Å²) in [6.07, 6.45) is -3.58. The van der Waals surface area contributed by atoms with Gasteiger partial charge < -0.3 is 18.9 Å². The average molecular weight is 474 g/mol. The average Bonchev–Trinajstić information content (AvgIpc) is 3.02. The lowest BCUT2D eigenvalue weighted by Crippen LogP contribution is -2.51. The summed E-state index contributed by atoms with van der Waals surface area (Å²) >= 11 is 0. The van der Waals surface area contributed by atoms with Gasteiger partial charge in [0.25, 0.3) is 20.2 Å². The number of hydrogen-bond donors (Lipinski definition) is 0. The second-order valence-electron chi connectivity index (χ2n) is 7.94. The second-order valence-corrected chi connectivity index (χ2v) is 11.2. The lowest BCUT2D eigenvalue weighted by Gasteiger charge is -2.31. The highest BCUT2D eigenvalue weighted by atomic mass is 32.2. The molecular formula is C15H27N3O10S2. The van der Waals surface area contributed by atoms with Crippen LogP contribution in [-0.4, -0.2) is 84.6 Å². The molecule has 5 atom stereocenters. The summed E-state index contributed by atoms with van der Waals surface area (Å²) < 4.78 is 80.1. The molecule has 2 aliphatic heterocycles. The van der Waals surface area contributed by atoms with Gasteiger partial charge in [-0.05, 0) is 33.2 Å². The largest absolute Gasteiger partial charge is 0.344 e. The second kappa shape index (κ2) is 8.84. The zero-order chi connectivity index (χ0) is 23.0. The standard InChI is InChI=1S/C15H27N3O10S2/c1-14(2)24-9(7-17-18-16)11(26-14)13(28-30(6,21)22)12-10(8-23-29(5,19)20)25-15(3,4)27-12/h9-13H,7-8H2,1-6H3/t9-,10-,11+,12-,13-/m0/s1. The number of azide groups is 1. The van der Waals surface area contributed by atoms with Gasteiger partial charge in [0.1, 0.15) is 24.4 Å². The van der Waals surface area contributed by atoms with Crippen molar-refractivity contribution in [3.63, 3.8) is 0 Å². The Morgan fingerprint density at radius 2 is 1.43 bits per heavy atom. The van der Waals surface area contributed by atoms with Crippen LogP contribution in [0.25, 0.3) is 10.4 Å². The smallest absolute Gasteiger partial charge is 0.264 e. The molecule has 2 aliphatic rings. The van der Waals surface area contributed by atoms with Gasteiger partial charge in [-0.15, -0.1) is 0 Å². The van der Waals surface area contributed by atoms with Crippen LogP contribution in [0.5, 0.6) is 0 Å². The Morgan fingerprint density at radius 3 is 1.90 bits per heavy atom. The third kappa shape index (κ3) is 7.28. The first kappa shape index (κ1) is 25.2. The van der Waals surface area contributed by atoms with Crippen LogP contribution in [0.1, 0.15) is 27.7 Å². The van der Waals surface area contributed by atoms with Crippen LogP contribution < -0.4 is 0 Å². The van der Waals surface area contributed by atoms with Crippen LogP contribution in [0.2, 0.25) is 0 Å². The van der Waals surface area contributed by atoms with Gasteiger partial charge in [0.2, 0.25) is 0 Å². The first-order valence-electron chi connectivity index (χ1n) is 8.97. The van der Waals surface area contributed by atoms with Gasteiger partial charge in [-0.1, -0.05) is 5.11 Å². The minimum absolute atomic E-state index is 0.157. The van der Waals surface area contributed by atoms with Gasteiger partial charge in [0.05, 0.1) is 31.8 Å². The van der Waals surface area contributed by atoms with Crippen molar-refractivity contribution in [2.24, 2.45) is 5.11 Å². The van der Waals surface area contributed by atoms with Gasteiger partial charge >= 0.3 is 0 Å². The molecule has 0 aromatic carbocycles. The van der Waals surface area contributed by atoms with E-state index in [2.05, 4.69) is 10.0 Å². The van der Waals surface area contributed by atoms with Crippen molar-refractivity contribution < 1.29 is 44.1 Å². The van der Waals surface area contributed by atoms with Crippen molar-refractivity contribution in [2.75, 3.05) is 25.7 Å². The predicted molar refractivity (Wildman–Crippen MR) is 102 cm³/mol. The molecule has 13 nitrogen and oxygen atoms in total. The van der Waals surface area contributed by atoms with E-state index in [4.69, 9.17) is 32.8 Å². The van der Waals surface area contributed by atoms with Gasteiger partial charge in [0, 0.05) is 4.91 Å².